The van der Waals surface area contributed by atoms with Crippen molar-refractivity contribution in [2.24, 2.45) is 0 Å². The number of esters is 1. The van der Waals surface area contributed by atoms with Crippen LogP contribution in [0.15, 0.2) is 0 Å². The first-order valence-corrected chi connectivity index (χ1v) is 6.08. The van der Waals surface area contributed by atoms with Crippen LogP contribution in [-0.4, -0.2) is 56.1 Å². The van der Waals surface area contributed by atoms with Gasteiger partial charge in [0.2, 0.25) is 0 Å². The van der Waals surface area contributed by atoms with Crippen LogP contribution in [0.2, 0.25) is 0 Å². The first-order valence-electron chi connectivity index (χ1n) is 6.08. The van der Waals surface area contributed by atoms with E-state index in [1.807, 2.05) is 11.9 Å². The van der Waals surface area contributed by atoms with Gasteiger partial charge in [0.05, 0.1) is 26.2 Å². The number of likely N-dealkylation sites (N-methyl/N-ethyl adjacent to an activating group) is 1. The van der Waals surface area contributed by atoms with Gasteiger partial charge in [-0.1, -0.05) is 0 Å². The van der Waals surface area contributed by atoms with Gasteiger partial charge >= 0.3 is 5.97 Å². The Morgan fingerprint density at radius 1 is 1.41 bits per heavy atom. The van der Waals surface area contributed by atoms with E-state index in [1.165, 1.54) is 0 Å². The van der Waals surface area contributed by atoms with Gasteiger partial charge < -0.3 is 9.47 Å². The van der Waals surface area contributed by atoms with Gasteiger partial charge in [0, 0.05) is 19.1 Å². The van der Waals surface area contributed by atoms with Crippen LogP contribution in [0.1, 0.15) is 26.2 Å². The zero-order valence-electron chi connectivity index (χ0n) is 10.6. The molecule has 5 nitrogen and oxygen atoms in total. The summed E-state index contributed by atoms with van der Waals surface area (Å²) in [6.07, 6.45) is 1.42. The van der Waals surface area contributed by atoms with Gasteiger partial charge in [0.15, 0.2) is 0 Å². The molecule has 5 heteroatoms. The normalized spacial score (nSPS) is 19.6. The fraction of sp³-hybridized carbons (Fsp3) is 0.833. The summed E-state index contributed by atoms with van der Waals surface area (Å²) in [4.78, 5) is 24.7. The molecule has 1 aliphatic heterocycles. The molecule has 0 N–H and O–H groups in total. The molecule has 1 fully saturated rings. The third-order valence-electron chi connectivity index (χ3n) is 2.87. The van der Waals surface area contributed by atoms with Crippen LogP contribution in [-0.2, 0) is 19.1 Å². The molecule has 1 unspecified atom stereocenters. The largest absolute Gasteiger partial charge is 0.466 e. The van der Waals surface area contributed by atoms with Gasteiger partial charge in [-0.15, -0.1) is 0 Å². The molecule has 98 valence electrons. The van der Waals surface area contributed by atoms with Crippen molar-refractivity contribution in [3.63, 3.8) is 0 Å². The zero-order chi connectivity index (χ0) is 12.7. The van der Waals surface area contributed by atoms with Crippen LogP contribution >= 0.6 is 0 Å². The number of carbonyl (C=O) groups is 2. The van der Waals surface area contributed by atoms with Crippen molar-refractivity contribution < 1.29 is 19.1 Å². The Labute approximate surface area is 102 Å². The van der Waals surface area contributed by atoms with Crippen LogP contribution < -0.4 is 0 Å². The molecule has 17 heavy (non-hydrogen) atoms. The van der Waals surface area contributed by atoms with Gasteiger partial charge in [-0.2, -0.15) is 0 Å². The van der Waals surface area contributed by atoms with E-state index in [4.69, 9.17) is 9.47 Å². The maximum absolute atomic E-state index is 11.6. The quantitative estimate of drug-likeness (QED) is 0.613. The van der Waals surface area contributed by atoms with Crippen molar-refractivity contribution in [1.82, 2.24) is 4.90 Å². The lowest BCUT2D eigenvalue weighted by Gasteiger charge is -2.21. The van der Waals surface area contributed by atoms with E-state index in [1.54, 1.807) is 6.92 Å². The molecule has 1 saturated heterocycles. The number of rotatable bonds is 7. The molecule has 0 radical (unpaired) electrons. The maximum atomic E-state index is 11.6. The Morgan fingerprint density at radius 2 is 2.18 bits per heavy atom. The van der Waals surface area contributed by atoms with E-state index < -0.39 is 0 Å². The summed E-state index contributed by atoms with van der Waals surface area (Å²) in [5, 5.41) is 0. The number of ether oxygens (including phenoxy) is 2. The summed E-state index contributed by atoms with van der Waals surface area (Å²) in [6, 6.07) is 0.335. The van der Waals surface area contributed by atoms with Crippen molar-refractivity contribution in [3.8, 4) is 0 Å². The molecule has 0 spiro atoms. The Balaban J connectivity index is 2.17. The summed E-state index contributed by atoms with van der Waals surface area (Å²) in [6.45, 7) is 3.97. The Kier molecular flexibility index (Phi) is 6.15. The van der Waals surface area contributed by atoms with Crippen molar-refractivity contribution >= 4 is 11.8 Å². The standard InChI is InChI=1S/C12H21NO4/c1-3-17-12(15)5-4-11(14)8-13(2)10-6-7-16-9-10/h10H,3-9H2,1-2H3. The SMILES string of the molecule is CCOC(=O)CCC(=O)CN(C)C1CCOC1. The molecule has 1 aliphatic rings. The second-order valence-corrected chi connectivity index (χ2v) is 4.28. The lowest BCUT2D eigenvalue weighted by molar-refractivity contribution is -0.144. The summed E-state index contributed by atoms with van der Waals surface area (Å²) < 4.78 is 10.0. The minimum Gasteiger partial charge on any atom is -0.466 e. The Hall–Kier alpha value is -0.940. The molecule has 0 aromatic carbocycles. The predicted molar refractivity (Wildman–Crippen MR) is 62.7 cm³/mol. The third kappa shape index (κ3) is 5.28. The van der Waals surface area contributed by atoms with E-state index in [2.05, 4.69) is 0 Å². The molecule has 1 heterocycles. The first-order chi connectivity index (χ1) is 8.13. The Bertz CT molecular complexity index is 261. The van der Waals surface area contributed by atoms with Gasteiger partial charge in [0.25, 0.3) is 0 Å². The maximum Gasteiger partial charge on any atom is 0.306 e. The number of hydrogen-bond acceptors (Lipinski definition) is 5. The van der Waals surface area contributed by atoms with Crippen LogP contribution in [0.5, 0.6) is 0 Å². The van der Waals surface area contributed by atoms with E-state index in [9.17, 15) is 9.59 Å². The Morgan fingerprint density at radius 3 is 2.76 bits per heavy atom. The van der Waals surface area contributed by atoms with Gasteiger partial charge in [0.1, 0.15) is 5.78 Å². The highest BCUT2D eigenvalue weighted by Crippen LogP contribution is 2.10. The van der Waals surface area contributed by atoms with E-state index in [-0.39, 0.29) is 24.6 Å². The van der Waals surface area contributed by atoms with Crippen molar-refractivity contribution in [1.29, 1.82) is 0 Å². The van der Waals surface area contributed by atoms with E-state index in [0.717, 1.165) is 13.0 Å². The van der Waals surface area contributed by atoms with Gasteiger partial charge in [-0.3, -0.25) is 14.5 Å². The second-order valence-electron chi connectivity index (χ2n) is 4.28. The van der Waals surface area contributed by atoms with Crippen molar-refractivity contribution in [2.75, 3.05) is 33.4 Å². The van der Waals surface area contributed by atoms with Gasteiger partial charge in [-0.25, -0.2) is 0 Å². The number of nitrogens with zero attached hydrogens (tertiary/aromatic N) is 1. The number of carbonyl (C=O) groups excluding carboxylic acids is 2. The highest BCUT2D eigenvalue weighted by molar-refractivity contribution is 5.84. The molecular formula is C12H21NO4. The van der Waals surface area contributed by atoms with Crippen LogP contribution in [0.3, 0.4) is 0 Å². The second kappa shape index (κ2) is 7.40. The van der Waals surface area contributed by atoms with Crippen molar-refractivity contribution in [2.45, 2.75) is 32.2 Å². The molecule has 0 bridgehead atoms. The lowest BCUT2D eigenvalue weighted by Crippen LogP contribution is -2.36. The average Bonchev–Trinajstić information content (AvgIpc) is 2.80. The van der Waals surface area contributed by atoms with Crippen LogP contribution in [0, 0.1) is 0 Å². The third-order valence-corrected chi connectivity index (χ3v) is 2.87. The minimum absolute atomic E-state index is 0.0763. The molecular weight excluding hydrogens is 222 g/mol. The lowest BCUT2D eigenvalue weighted by atomic mass is 10.2. The smallest absolute Gasteiger partial charge is 0.306 e. The highest BCUT2D eigenvalue weighted by atomic mass is 16.5. The van der Waals surface area contributed by atoms with Crippen LogP contribution in [0.4, 0.5) is 0 Å². The number of hydrogen-bond donors (Lipinski definition) is 0. The minimum atomic E-state index is -0.298. The van der Waals surface area contributed by atoms with E-state index >= 15 is 0 Å². The summed E-state index contributed by atoms with van der Waals surface area (Å²) in [7, 11) is 1.92. The summed E-state index contributed by atoms with van der Waals surface area (Å²) in [5.74, 6) is -0.222. The molecule has 1 atom stereocenters. The fourth-order valence-corrected chi connectivity index (χ4v) is 1.83. The molecule has 0 aromatic heterocycles. The first kappa shape index (κ1) is 14.1. The molecule has 0 aromatic rings. The highest BCUT2D eigenvalue weighted by Gasteiger charge is 2.21. The zero-order valence-corrected chi connectivity index (χ0v) is 10.6. The monoisotopic (exact) mass is 243 g/mol. The molecule has 0 aliphatic carbocycles. The summed E-state index contributed by atoms with van der Waals surface area (Å²) >= 11 is 0. The molecule has 1 rings (SSSR count). The predicted octanol–water partition coefficient (Wildman–Crippen LogP) is 0.619. The number of ketones is 1. The summed E-state index contributed by atoms with van der Waals surface area (Å²) in [5.41, 5.74) is 0. The molecule has 0 amide bonds. The van der Waals surface area contributed by atoms with Crippen LogP contribution in [0.25, 0.3) is 0 Å². The topological polar surface area (TPSA) is 55.8 Å². The van der Waals surface area contributed by atoms with Crippen molar-refractivity contribution in [3.05, 3.63) is 0 Å². The van der Waals surface area contributed by atoms with Gasteiger partial charge in [-0.05, 0) is 20.4 Å². The average molecular weight is 243 g/mol. The van der Waals surface area contributed by atoms with E-state index in [0.29, 0.717) is 25.8 Å². The number of Topliss-reactive ketones (excluding diaryl/α,β-unsaturated/α-hetero) is 1. The fourth-order valence-electron chi connectivity index (χ4n) is 1.83. The molecule has 0 saturated carbocycles.